The number of nitrogens with zero attached hydrogens (tertiary/aromatic N) is 3. The molecule has 1 atom stereocenters. The Morgan fingerprint density at radius 2 is 1.81 bits per heavy atom. The molecule has 1 aliphatic rings. The Morgan fingerprint density at radius 3 is 2.48 bits per heavy atom. The maximum Gasteiger partial charge on any atom is 0.286 e. The zero-order valence-corrected chi connectivity index (χ0v) is 19.0. The van der Waals surface area contributed by atoms with Crippen LogP contribution < -0.4 is 10.6 Å². The van der Waals surface area contributed by atoms with Gasteiger partial charge < -0.3 is 20.3 Å². The fraction of sp³-hybridized carbons (Fsp3) is 0.545. The molecule has 8 nitrogen and oxygen atoms in total. The molecule has 1 fully saturated rings. The Morgan fingerprint density at radius 1 is 1.10 bits per heavy atom. The molecule has 9 heteroatoms. The van der Waals surface area contributed by atoms with E-state index in [1.54, 1.807) is 31.4 Å². The van der Waals surface area contributed by atoms with E-state index in [-0.39, 0.29) is 16.8 Å². The Hall–Kier alpha value is -2.36. The summed E-state index contributed by atoms with van der Waals surface area (Å²) in [6.45, 7) is 5.53. The number of amides is 2. The summed E-state index contributed by atoms with van der Waals surface area (Å²) in [5.41, 5.74) is 1.17. The van der Waals surface area contributed by atoms with Crippen molar-refractivity contribution < 1.29 is 14.3 Å². The van der Waals surface area contributed by atoms with Crippen LogP contribution in [0.5, 0.6) is 0 Å². The number of likely N-dealkylation sites (tertiary alicyclic amines) is 1. The van der Waals surface area contributed by atoms with E-state index in [1.807, 2.05) is 0 Å². The van der Waals surface area contributed by atoms with Gasteiger partial charge in [0.25, 0.3) is 11.8 Å². The SMILES string of the molecule is COCc1nnc(C(=O)Nc2ccc(C(=O)NCC[C@@H](C)N3CCCCCC3)cc2)s1. The smallest absolute Gasteiger partial charge is 0.286 e. The maximum atomic E-state index is 12.4. The van der Waals surface area contributed by atoms with E-state index in [0.717, 1.165) is 19.5 Å². The molecule has 2 N–H and O–H groups in total. The lowest BCUT2D eigenvalue weighted by Gasteiger charge is -2.27. The van der Waals surface area contributed by atoms with Crippen molar-refractivity contribution in [1.82, 2.24) is 20.4 Å². The highest BCUT2D eigenvalue weighted by Crippen LogP contribution is 2.16. The first-order chi connectivity index (χ1) is 15.1. The molecular formula is C22H31N5O3S. The van der Waals surface area contributed by atoms with Crippen molar-refractivity contribution in [1.29, 1.82) is 0 Å². The van der Waals surface area contributed by atoms with Crippen molar-refractivity contribution in [2.45, 2.75) is 51.7 Å². The summed E-state index contributed by atoms with van der Waals surface area (Å²) < 4.78 is 4.99. The van der Waals surface area contributed by atoms with Gasteiger partial charge in [-0.2, -0.15) is 0 Å². The number of nitrogens with one attached hydrogen (secondary N) is 2. The lowest BCUT2D eigenvalue weighted by atomic mass is 10.1. The van der Waals surface area contributed by atoms with Gasteiger partial charge in [0.1, 0.15) is 5.01 Å². The van der Waals surface area contributed by atoms with Gasteiger partial charge in [0, 0.05) is 30.9 Å². The van der Waals surface area contributed by atoms with Gasteiger partial charge in [0.2, 0.25) is 5.01 Å². The fourth-order valence-corrected chi connectivity index (χ4v) is 4.34. The summed E-state index contributed by atoms with van der Waals surface area (Å²) in [6.07, 6.45) is 6.13. The average Bonchev–Trinajstić information content (AvgIpc) is 3.07. The second-order valence-corrected chi connectivity index (χ2v) is 8.87. The molecular weight excluding hydrogens is 414 g/mol. The maximum absolute atomic E-state index is 12.4. The van der Waals surface area contributed by atoms with Gasteiger partial charge >= 0.3 is 0 Å². The Bertz CT molecular complexity index is 847. The van der Waals surface area contributed by atoms with E-state index in [9.17, 15) is 9.59 Å². The van der Waals surface area contributed by atoms with E-state index >= 15 is 0 Å². The first-order valence-electron chi connectivity index (χ1n) is 10.8. The number of hydrogen-bond donors (Lipinski definition) is 2. The third-order valence-electron chi connectivity index (χ3n) is 5.45. The zero-order valence-electron chi connectivity index (χ0n) is 18.2. The van der Waals surface area contributed by atoms with Gasteiger partial charge in [-0.1, -0.05) is 24.2 Å². The van der Waals surface area contributed by atoms with Crippen LogP contribution in [0.2, 0.25) is 0 Å². The monoisotopic (exact) mass is 445 g/mol. The molecule has 0 radical (unpaired) electrons. The van der Waals surface area contributed by atoms with E-state index in [2.05, 4.69) is 32.7 Å². The topological polar surface area (TPSA) is 96.5 Å². The summed E-state index contributed by atoms with van der Waals surface area (Å²) in [6, 6.07) is 7.31. The van der Waals surface area contributed by atoms with Gasteiger partial charge in [0.15, 0.2) is 0 Å². The van der Waals surface area contributed by atoms with Crippen molar-refractivity contribution in [2.75, 3.05) is 32.1 Å². The van der Waals surface area contributed by atoms with Gasteiger partial charge in [-0.05, 0) is 63.5 Å². The number of methoxy groups -OCH3 is 1. The molecule has 31 heavy (non-hydrogen) atoms. The second-order valence-electron chi connectivity index (χ2n) is 7.81. The number of benzene rings is 1. The minimum Gasteiger partial charge on any atom is -0.377 e. The predicted molar refractivity (Wildman–Crippen MR) is 121 cm³/mol. The molecule has 0 spiro atoms. The highest BCUT2D eigenvalue weighted by molar-refractivity contribution is 7.13. The van der Waals surface area contributed by atoms with Crippen LogP contribution in [0.25, 0.3) is 0 Å². The van der Waals surface area contributed by atoms with Crippen LogP contribution in [-0.2, 0) is 11.3 Å². The summed E-state index contributed by atoms with van der Waals surface area (Å²) in [4.78, 5) is 27.3. The largest absolute Gasteiger partial charge is 0.377 e. The van der Waals surface area contributed by atoms with E-state index in [1.165, 1.54) is 37.0 Å². The van der Waals surface area contributed by atoms with Crippen LogP contribution >= 0.6 is 11.3 Å². The van der Waals surface area contributed by atoms with Gasteiger partial charge in [-0.15, -0.1) is 10.2 Å². The minimum atomic E-state index is -0.334. The minimum absolute atomic E-state index is 0.103. The molecule has 2 aromatic rings. The first kappa shape index (κ1) is 23.3. The number of hydrogen-bond acceptors (Lipinski definition) is 7. The molecule has 1 saturated heterocycles. The van der Waals surface area contributed by atoms with E-state index < -0.39 is 0 Å². The first-order valence-corrected chi connectivity index (χ1v) is 11.6. The highest BCUT2D eigenvalue weighted by Gasteiger charge is 2.16. The number of carbonyl (C=O) groups is 2. The normalized spacial score (nSPS) is 15.8. The summed E-state index contributed by atoms with van der Waals surface area (Å²) in [7, 11) is 1.56. The van der Waals surface area contributed by atoms with Crippen LogP contribution in [0.3, 0.4) is 0 Å². The standard InChI is InChI=1S/C22H31N5O3S/c1-16(27-13-5-3-4-6-14-27)11-12-23-20(28)17-7-9-18(10-8-17)24-21(29)22-26-25-19(31-22)15-30-2/h7-10,16H,3-6,11-15H2,1-2H3,(H,23,28)(H,24,29)/t16-/m1/s1. The van der Waals surface area contributed by atoms with Crippen molar-refractivity contribution in [3.63, 3.8) is 0 Å². The van der Waals surface area contributed by atoms with Crippen LogP contribution in [-0.4, -0.2) is 59.7 Å². The van der Waals surface area contributed by atoms with Crippen molar-refractivity contribution in [2.24, 2.45) is 0 Å². The fourth-order valence-electron chi connectivity index (χ4n) is 3.63. The van der Waals surface area contributed by atoms with Gasteiger partial charge in [0.05, 0.1) is 6.61 Å². The zero-order chi connectivity index (χ0) is 22.1. The lowest BCUT2D eigenvalue weighted by Crippen LogP contribution is -2.37. The highest BCUT2D eigenvalue weighted by atomic mass is 32.1. The number of carbonyl (C=O) groups excluding carboxylic acids is 2. The molecule has 168 valence electrons. The molecule has 0 bridgehead atoms. The molecule has 2 amide bonds. The molecule has 2 heterocycles. The molecule has 1 aromatic heterocycles. The second kappa shape index (κ2) is 11.9. The molecule has 3 rings (SSSR count). The third-order valence-corrected chi connectivity index (χ3v) is 6.34. The predicted octanol–water partition coefficient (Wildman–Crippen LogP) is 3.32. The van der Waals surface area contributed by atoms with Crippen molar-refractivity contribution in [3.8, 4) is 0 Å². The Kier molecular flexibility index (Phi) is 8.93. The number of anilines is 1. The van der Waals surface area contributed by atoms with Crippen molar-refractivity contribution >= 4 is 28.8 Å². The molecule has 0 saturated carbocycles. The molecule has 1 aliphatic heterocycles. The van der Waals surface area contributed by atoms with Gasteiger partial charge in [-0.3, -0.25) is 9.59 Å². The van der Waals surface area contributed by atoms with Crippen molar-refractivity contribution in [3.05, 3.63) is 39.8 Å². The van der Waals surface area contributed by atoms with Crippen LogP contribution in [0.4, 0.5) is 5.69 Å². The Labute approximate surface area is 187 Å². The van der Waals surface area contributed by atoms with E-state index in [0.29, 0.717) is 35.5 Å². The number of aromatic nitrogens is 2. The third kappa shape index (κ3) is 7.09. The summed E-state index contributed by atoms with van der Waals surface area (Å²) in [5, 5.41) is 14.5. The molecule has 1 aromatic carbocycles. The van der Waals surface area contributed by atoms with Gasteiger partial charge in [-0.25, -0.2) is 0 Å². The number of ether oxygens (including phenoxy) is 1. The summed E-state index contributed by atoms with van der Waals surface area (Å²) in [5.74, 6) is -0.436. The molecule has 0 unspecified atom stereocenters. The lowest BCUT2D eigenvalue weighted by molar-refractivity contribution is 0.0947. The van der Waals surface area contributed by atoms with Crippen LogP contribution in [0, 0.1) is 0 Å². The van der Waals surface area contributed by atoms with E-state index in [4.69, 9.17) is 4.74 Å². The number of rotatable bonds is 9. The summed E-state index contributed by atoms with van der Waals surface area (Å²) >= 11 is 1.19. The Balaban J connectivity index is 1.44. The average molecular weight is 446 g/mol. The molecule has 0 aliphatic carbocycles. The quantitative estimate of drug-likeness (QED) is 0.615. The van der Waals surface area contributed by atoms with Crippen LogP contribution in [0.15, 0.2) is 24.3 Å². The van der Waals surface area contributed by atoms with Crippen LogP contribution in [0.1, 0.15) is 64.2 Å².